The average Bonchev–Trinajstić information content (AvgIpc) is 2.03. The molecule has 0 aromatic rings. The molecule has 0 bridgehead atoms. The van der Waals surface area contributed by atoms with E-state index in [-0.39, 0.29) is 0 Å². The van der Waals surface area contributed by atoms with Crippen LogP contribution < -0.4 is 5.73 Å². The van der Waals surface area contributed by atoms with Crippen molar-refractivity contribution in [2.24, 2.45) is 5.73 Å². The number of hydrogen-bond donors (Lipinski definition) is 1. The van der Waals surface area contributed by atoms with Gasteiger partial charge < -0.3 is 10.6 Å². The minimum Gasteiger partial charge on any atom is -0.376 e. The van der Waals surface area contributed by atoms with Crippen molar-refractivity contribution in [3.63, 3.8) is 0 Å². The molecule has 0 aliphatic heterocycles. The van der Waals surface area contributed by atoms with Gasteiger partial charge in [-0.05, 0) is 25.6 Å². The summed E-state index contributed by atoms with van der Waals surface area (Å²) in [5, 5.41) is 0.499. The van der Waals surface area contributed by atoms with Gasteiger partial charge >= 0.3 is 0 Å². The van der Waals surface area contributed by atoms with Gasteiger partial charge in [-0.1, -0.05) is 26.2 Å². The zero-order chi connectivity index (χ0) is 9.56. The normalized spacial score (nSPS) is 12.6. The molecule has 0 heterocycles. The molecule has 72 valence electrons. The maximum absolute atomic E-state index is 5.50. The van der Waals surface area contributed by atoms with Gasteiger partial charge in [-0.15, -0.1) is 0 Å². The Morgan fingerprint density at radius 2 is 2.08 bits per heavy atom. The summed E-state index contributed by atoms with van der Waals surface area (Å²) < 4.78 is 0. The van der Waals surface area contributed by atoms with Gasteiger partial charge in [0.2, 0.25) is 0 Å². The van der Waals surface area contributed by atoms with Crippen molar-refractivity contribution >= 4 is 17.3 Å². The third-order valence-corrected chi connectivity index (χ3v) is 2.52. The Morgan fingerprint density at radius 1 is 1.50 bits per heavy atom. The van der Waals surface area contributed by atoms with Crippen molar-refractivity contribution in [2.75, 3.05) is 7.05 Å². The fourth-order valence-corrected chi connectivity index (χ4v) is 1.28. The standard InChI is InChI=1S/C9H20N2S/c1-4-5-6-7-8(2)11(3)9(10)12/h8H,4-7H2,1-3H3,(H2,10,12). The van der Waals surface area contributed by atoms with E-state index in [4.69, 9.17) is 18.0 Å². The Morgan fingerprint density at radius 3 is 2.50 bits per heavy atom. The maximum Gasteiger partial charge on any atom is 0.166 e. The van der Waals surface area contributed by atoms with E-state index in [1.807, 2.05) is 11.9 Å². The Bertz CT molecular complexity index is 136. The van der Waals surface area contributed by atoms with Gasteiger partial charge in [0.25, 0.3) is 0 Å². The van der Waals surface area contributed by atoms with Gasteiger partial charge in [0.15, 0.2) is 5.11 Å². The molecule has 0 saturated heterocycles. The highest BCUT2D eigenvalue weighted by molar-refractivity contribution is 7.80. The third kappa shape index (κ3) is 4.54. The second-order valence-electron chi connectivity index (χ2n) is 3.29. The van der Waals surface area contributed by atoms with E-state index in [0.717, 1.165) is 0 Å². The molecule has 12 heavy (non-hydrogen) atoms. The zero-order valence-corrected chi connectivity index (χ0v) is 9.16. The molecule has 0 saturated carbocycles. The van der Waals surface area contributed by atoms with Crippen LogP contribution >= 0.6 is 12.2 Å². The number of nitrogens with zero attached hydrogens (tertiary/aromatic N) is 1. The number of thiocarbonyl (C=S) groups is 1. The van der Waals surface area contributed by atoms with Gasteiger partial charge in [-0.3, -0.25) is 0 Å². The first-order valence-corrected chi connectivity index (χ1v) is 5.02. The van der Waals surface area contributed by atoms with E-state index in [2.05, 4.69) is 13.8 Å². The van der Waals surface area contributed by atoms with E-state index in [1.165, 1.54) is 25.7 Å². The predicted molar refractivity (Wildman–Crippen MR) is 58.2 cm³/mol. The molecule has 2 nitrogen and oxygen atoms in total. The summed E-state index contributed by atoms with van der Waals surface area (Å²) in [6.45, 7) is 4.37. The minimum absolute atomic E-state index is 0.481. The number of rotatable bonds is 5. The topological polar surface area (TPSA) is 29.3 Å². The molecule has 0 fully saturated rings. The summed E-state index contributed by atoms with van der Waals surface area (Å²) in [6, 6.07) is 0.481. The summed E-state index contributed by atoms with van der Waals surface area (Å²) in [6.07, 6.45) is 5.02. The second-order valence-corrected chi connectivity index (χ2v) is 3.71. The summed E-state index contributed by atoms with van der Waals surface area (Å²) in [4.78, 5) is 1.96. The molecule has 0 aliphatic carbocycles. The maximum atomic E-state index is 5.50. The lowest BCUT2D eigenvalue weighted by molar-refractivity contribution is 0.361. The largest absolute Gasteiger partial charge is 0.376 e. The first-order valence-electron chi connectivity index (χ1n) is 4.61. The van der Waals surface area contributed by atoms with E-state index in [0.29, 0.717) is 11.2 Å². The van der Waals surface area contributed by atoms with Crippen LogP contribution in [0.4, 0.5) is 0 Å². The second kappa shape index (κ2) is 6.23. The van der Waals surface area contributed by atoms with Crippen molar-refractivity contribution in [1.29, 1.82) is 0 Å². The lowest BCUT2D eigenvalue weighted by atomic mass is 10.1. The summed E-state index contributed by atoms with van der Waals surface area (Å²) in [5.41, 5.74) is 5.50. The molecule has 0 amide bonds. The van der Waals surface area contributed by atoms with Crippen LogP contribution in [0.2, 0.25) is 0 Å². The van der Waals surface area contributed by atoms with Crippen LogP contribution in [0.15, 0.2) is 0 Å². The van der Waals surface area contributed by atoms with Crippen molar-refractivity contribution in [3.05, 3.63) is 0 Å². The van der Waals surface area contributed by atoms with Crippen LogP contribution in [-0.2, 0) is 0 Å². The smallest absolute Gasteiger partial charge is 0.166 e. The minimum atomic E-state index is 0.481. The van der Waals surface area contributed by atoms with Crippen LogP contribution in [0.25, 0.3) is 0 Å². The number of nitrogens with two attached hydrogens (primary N) is 1. The molecule has 1 atom stereocenters. The van der Waals surface area contributed by atoms with Crippen LogP contribution in [-0.4, -0.2) is 23.1 Å². The molecule has 0 spiro atoms. The molecule has 0 aliphatic rings. The van der Waals surface area contributed by atoms with Gasteiger partial charge in [0, 0.05) is 13.1 Å². The van der Waals surface area contributed by atoms with Crippen LogP contribution in [0.3, 0.4) is 0 Å². The first kappa shape index (κ1) is 11.7. The highest BCUT2D eigenvalue weighted by Crippen LogP contribution is 2.07. The molecule has 2 N–H and O–H groups in total. The predicted octanol–water partition coefficient (Wildman–Crippen LogP) is 2.13. The number of hydrogen-bond acceptors (Lipinski definition) is 1. The van der Waals surface area contributed by atoms with E-state index in [1.54, 1.807) is 0 Å². The Hall–Kier alpha value is -0.310. The van der Waals surface area contributed by atoms with Crippen molar-refractivity contribution < 1.29 is 0 Å². The van der Waals surface area contributed by atoms with Crippen LogP contribution in [0, 0.1) is 0 Å². The quantitative estimate of drug-likeness (QED) is 0.529. The van der Waals surface area contributed by atoms with E-state index >= 15 is 0 Å². The fraction of sp³-hybridized carbons (Fsp3) is 0.889. The van der Waals surface area contributed by atoms with Crippen molar-refractivity contribution in [3.8, 4) is 0 Å². The van der Waals surface area contributed by atoms with E-state index in [9.17, 15) is 0 Å². The van der Waals surface area contributed by atoms with Gasteiger partial charge in [-0.2, -0.15) is 0 Å². The molecule has 0 aromatic carbocycles. The highest BCUT2D eigenvalue weighted by Gasteiger charge is 2.08. The molecule has 0 radical (unpaired) electrons. The fourth-order valence-electron chi connectivity index (χ4n) is 1.10. The SMILES string of the molecule is CCCCCC(C)N(C)C(N)=S. The van der Waals surface area contributed by atoms with Gasteiger partial charge in [0.05, 0.1) is 0 Å². The number of unbranched alkanes of at least 4 members (excludes halogenated alkanes) is 2. The molecule has 0 rings (SSSR count). The molecular weight excluding hydrogens is 168 g/mol. The Kier molecular flexibility index (Phi) is 6.07. The lowest BCUT2D eigenvalue weighted by Crippen LogP contribution is -2.38. The molecule has 1 unspecified atom stereocenters. The zero-order valence-electron chi connectivity index (χ0n) is 8.34. The van der Waals surface area contributed by atoms with Crippen molar-refractivity contribution in [2.45, 2.75) is 45.6 Å². The van der Waals surface area contributed by atoms with E-state index < -0.39 is 0 Å². The molecule has 3 heteroatoms. The highest BCUT2D eigenvalue weighted by atomic mass is 32.1. The summed E-state index contributed by atoms with van der Waals surface area (Å²) in [5.74, 6) is 0. The van der Waals surface area contributed by atoms with Crippen LogP contribution in [0.1, 0.15) is 39.5 Å². The monoisotopic (exact) mass is 188 g/mol. The Balaban J connectivity index is 3.56. The first-order chi connectivity index (χ1) is 5.59. The van der Waals surface area contributed by atoms with Crippen LogP contribution in [0.5, 0.6) is 0 Å². The van der Waals surface area contributed by atoms with Crippen molar-refractivity contribution in [1.82, 2.24) is 4.90 Å². The average molecular weight is 188 g/mol. The van der Waals surface area contributed by atoms with Gasteiger partial charge in [-0.25, -0.2) is 0 Å². The summed E-state index contributed by atoms with van der Waals surface area (Å²) in [7, 11) is 1.96. The molecular formula is C9H20N2S. The van der Waals surface area contributed by atoms with Gasteiger partial charge in [0.1, 0.15) is 0 Å². The summed E-state index contributed by atoms with van der Waals surface area (Å²) >= 11 is 4.88. The lowest BCUT2D eigenvalue weighted by Gasteiger charge is -2.24. The molecule has 0 aromatic heterocycles. The third-order valence-electron chi connectivity index (χ3n) is 2.23. The Labute approximate surface area is 81.1 Å².